The van der Waals surface area contributed by atoms with Gasteiger partial charge in [-0.25, -0.2) is 0 Å². The molecule has 0 radical (unpaired) electrons. The van der Waals surface area contributed by atoms with Crippen molar-refractivity contribution in [2.24, 2.45) is 5.92 Å². The van der Waals surface area contributed by atoms with E-state index < -0.39 is 0 Å². The molecule has 18 heavy (non-hydrogen) atoms. The number of fused-ring (bicyclic) bond motifs is 1. The maximum Gasteiger partial charge on any atom is 0.119 e. The van der Waals surface area contributed by atoms with Crippen molar-refractivity contribution in [2.45, 2.75) is 45.6 Å². The highest BCUT2D eigenvalue weighted by atomic mass is 16.5. The lowest BCUT2D eigenvalue weighted by Gasteiger charge is -2.29. The molecule has 0 saturated carbocycles. The topological polar surface area (TPSA) is 21.3 Å². The molecule has 1 aromatic rings. The van der Waals surface area contributed by atoms with E-state index in [-0.39, 0.29) is 0 Å². The van der Waals surface area contributed by atoms with Crippen LogP contribution in [-0.4, -0.2) is 13.7 Å². The highest BCUT2D eigenvalue weighted by molar-refractivity contribution is 5.39. The molecule has 1 aliphatic heterocycles. The van der Waals surface area contributed by atoms with E-state index in [4.69, 9.17) is 4.74 Å². The van der Waals surface area contributed by atoms with Gasteiger partial charge in [0.2, 0.25) is 0 Å². The molecule has 2 atom stereocenters. The van der Waals surface area contributed by atoms with Gasteiger partial charge in [0.25, 0.3) is 0 Å². The average molecular weight is 247 g/mol. The van der Waals surface area contributed by atoms with Crippen molar-refractivity contribution in [3.05, 3.63) is 29.3 Å². The van der Waals surface area contributed by atoms with Crippen molar-refractivity contribution in [3.63, 3.8) is 0 Å². The van der Waals surface area contributed by atoms with Crippen LogP contribution >= 0.6 is 0 Å². The van der Waals surface area contributed by atoms with E-state index in [1.165, 1.54) is 30.4 Å². The van der Waals surface area contributed by atoms with E-state index in [2.05, 4.69) is 37.4 Å². The number of ether oxygens (including phenoxy) is 1. The number of rotatable bonds is 5. The minimum absolute atomic E-state index is 0.529. The monoisotopic (exact) mass is 247 g/mol. The van der Waals surface area contributed by atoms with E-state index in [1.807, 2.05) is 0 Å². The molecule has 2 heteroatoms. The fraction of sp³-hybridized carbons (Fsp3) is 0.625. The maximum atomic E-state index is 5.31. The summed E-state index contributed by atoms with van der Waals surface area (Å²) in [6.07, 6.45) is 4.96. The summed E-state index contributed by atoms with van der Waals surface area (Å²) in [5, 5.41) is 3.66. The molecule has 0 aromatic heterocycles. The molecule has 0 spiro atoms. The molecule has 0 amide bonds. The van der Waals surface area contributed by atoms with E-state index in [1.54, 1.807) is 7.11 Å². The van der Waals surface area contributed by atoms with Gasteiger partial charge in [-0.2, -0.15) is 0 Å². The van der Waals surface area contributed by atoms with Gasteiger partial charge >= 0.3 is 0 Å². The molecule has 2 nitrogen and oxygen atoms in total. The summed E-state index contributed by atoms with van der Waals surface area (Å²) in [6.45, 7) is 5.72. The third-order valence-electron chi connectivity index (χ3n) is 3.93. The normalized spacial score (nSPS) is 20.3. The predicted molar refractivity (Wildman–Crippen MR) is 76.1 cm³/mol. The Bertz CT molecular complexity index is 389. The van der Waals surface area contributed by atoms with Crippen LogP contribution in [0.4, 0.5) is 0 Å². The second-order valence-electron chi connectivity index (χ2n) is 5.45. The molecule has 0 saturated heterocycles. The van der Waals surface area contributed by atoms with Gasteiger partial charge in [-0.3, -0.25) is 0 Å². The number of methoxy groups -OCH3 is 1. The molecule has 1 aliphatic rings. The van der Waals surface area contributed by atoms with Gasteiger partial charge in [0, 0.05) is 6.04 Å². The lowest BCUT2D eigenvalue weighted by atomic mass is 9.87. The Hall–Kier alpha value is -1.02. The third kappa shape index (κ3) is 3.05. The van der Waals surface area contributed by atoms with Crippen LogP contribution < -0.4 is 10.1 Å². The Balaban J connectivity index is 2.12. The molecule has 0 fully saturated rings. The molecule has 1 N–H and O–H groups in total. The first-order valence-electron chi connectivity index (χ1n) is 7.14. The number of nitrogens with one attached hydrogen (secondary N) is 1. The fourth-order valence-corrected chi connectivity index (χ4v) is 2.98. The summed E-state index contributed by atoms with van der Waals surface area (Å²) >= 11 is 0. The molecule has 1 heterocycles. The number of hydrogen-bond donors (Lipinski definition) is 1. The highest BCUT2D eigenvalue weighted by Gasteiger charge is 2.21. The lowest BCUT2D eigenvalue weighted by Crippen LogP contribution is -2.31. The molecular weight excluding hydrogens is 222 g/mol. The molecule has 2 unspecified atom stereocenters. The number of benzene rings is 1. The Labute approximate surface area is 111 Å². The third-order valence-corrected chi connectivity index (χ3v) is 3.93. The second-order valence-corrected chi connectivity index (χ2v) is 5.45. The Kier molecular flexibility index (Phi) is 4.65. The van der Waals surface area contributed by atoms with Crippen molar-refractivity contribution in [2.75, 3.05) is 13.7 Å². The Morgan fingerprint density at radius 1 is 1.44 bits per heavy atom. The van der Waals surface area contributed by atoms with Gasteiger partial charge < -0.3 is 10.1 Å². The second kappa shape index (κ2) is 6.24. The summed E-state index contributed by atoms with van der Waals surface area (Å²) in [5.41, 5.74) is 2.94. The predicted octanol–water partition coefficient (Wildman–Crippen LogP) is 3.71. The van der Waals surface area contributed by atoms with Crippen LogP contribution in [0.5, 0.6) is 5.75 Å². The van der Waals surface area contributed by atoms with Gasteiger partial charge in [0.15, 0.2) is 0 Å². The van der Waals surface area contributed by atoms with Crippen LogP contribution in [0.1, 0.15) is 50.3 Å². The van der Waals surface area contributed by atoms with Gasteiger partial charge in [0.05, 0.1) is 7.11 Å². The SMILES string of the molecule is CCCC(C)CC1NCCc2cc(OC)ccc21. The van der Waals surface area contributed by atoms with Gasteiger partial charge in [-0.1, -0.05) is 32.8 Å². The van der Waals surface area contributed by atoms with Crippen molar-refractivity contribution in [1.29, 1.82) is 0 Å². The van der Waals surface area contributed by atoms with E-state index >= 15 is 0 Å². The van der Waals surface area contributed by atoms with Crippen LogP contribution in [-0.2, 0) is 6.42 Å². The first-order chi connectivity index (χ1) is 8.74. The smallest absolute Gasteiger partial charge is 0.119 e. The zero-order valence-electron chi connectivity index (χ0n) is 11.8. The quantitative estimate of drug-likeness (QED) is 0.856. The van der Waals surface area contributed by atoms with Crippen molar-refractivity contribution in [1.82, 2.24) is 5.32 Å². The average Bonchev–Trinajstić information content (AvgIpc) is 2.38. The first-order valence-corrected chi connectivity index (χ1v) is 7.14. The molecule has 0 aliphatic carbocycles. The number of hydrogen-bond acceptors (Lipinski definition) is 2. The van der Waals surface area contributed by atoms with Crippen LogP contribution in [0.25, 0.3) is 0 Å². The summed E-state index contributed by atoms with van der Waals surface area (Å²) in [4.78, 5) is 0. The van der Waals surface area contributed by atoms with Crippen LogP contribution in [0.3, 0.4) is 0 Å². The van der Waals surface area contributed by atoms with Crippen LogP contribution in [0, 0.1) is 5.92 Å². The summed E-state index contributed by atoms with van der Waals surface area (Å²) in [5.74, 6) is 1.77. The lowest BCUT2D eigenvalue weighted by molar-refractivity contribution is 0.376. The van der Waals surface area contributed by atoms with Crippen molar-refractivity contribution >= 4 is 0 Å². The van der Waals surface area contributed by atoms with Gasteiger partial charge in [0.1, 0.15) is 5.75 Å². The fourth-order valence-electron chi connectivity index (χ4n) is 2.98. The van der Waals surface area contributed by atoms with Crippen LogP contribution in [0.2, 0.25) is 0 Å². The molecular formula is C16H25NO. The standard InChI is InChI=1S/C16H25NO/c1-4-5-12(2)10-16-15-7-6-14(18-3)11-13(15)8-9-17-16/h6-7,11-12,16-17H,4-5,8-10H2,1-3H3. The molecule has 100 valence electrons. The highest BCUT2D eigenvalue weighted by Crippen LogP contribution is 2.31. The van der Waals surface area contributed by atoms with E-state index in [0.717, 1.165) is 24.6 Å². The minimum atomic E-state index is 0.529. The maximum absolute atomic E-state index is 5.31. The minimum Gasteiger partial charge on any atom is -0.497 e. The van der Waals surface area contributed by atoms with Gasteiger partial charge in [-0.15, -0.1) is 0 Å². The Morgan fingerprint density at radius 3 is 3.00 bits per heavy atom. The largest absolute Gasteiger partial charge is 0.497 e. The van der Waals surface area contributed by atoms with Gasteiger partial charge in [-0.05, 0) is 48.6 Å². The summed E-state index contributed by atoms with van der Waals surface area (Å²) in [6, 6.07) is 7.06. The van der Waals surface area contributed by atoms with E-state index in [0.29, 0.717) is 6.04 Å². The molecule has 0 bridgehead atoms. The van der Waals surface area contributed by atoms with Crippen LogP contribution in [0.15, 0.2) is 18.2 Å². The van der Waals surface area contributed by atoms with E-state index in [9.17, 15) is 0 Å². The summed E-state index contributed by atoms with van der Waals surface area (Å²) in [7, 11) is 1.74. The zero-order valence-corrected chi connectivity index (χ0v) is 11.8. The van der Waals surface area contributed by atoms with Crippen molar-refractivity contribution < 1.29 is 4.74 Å². The first kappa shape index (κ1) is 13.4. The molecule has 2 rings (SSSR count). The summed E-state index contributed by atoms with van der Waals surface area (Å²) < 4.78 is 5.31. The zero-order chi connectivity index (χ0) is 13.0. The van der Waals surface area contributed by atoms with Crippen molar-refractivity contribution in [3.8, 4) is 5.75 Å². The Morgan fingerprint density at radius 2 is 2.28 bits per heavy atom. The molecule has 1 aromatic carbocycles.